The van der Waals surface area contributed by atoms with E-state index in [4.69, 9.17) is 4.42 Å². The molecule has 2 aromatic carbocycles. The fourth-order valence-electron chi connectivity index (χ4n) is 4.58. The van der Waals surface area contributed by atoms with Gasteiger partial charge in [0.15, 0.2) is 21.2 Å². The summed E-state index contributed by atoms with van der Waals surface area (Å²) in [5.41, 5.74) is 0.394. The van der Waals surface area contributed by atoms with E-state index in [-0.39, 0.29) is 44.8 Å². The van der Waals surface area contributed by atoms with Gasteiger partial charge in [-0.2, -0.15) is 0 Å². The predicted octanol–water partition coefficient (Wildman–Crippen LogP) is 5.45. The second kappa shape index (κ2) is 8.33. The number of amides is 1. The van der Waals surface area contributed by atoms with Gasteiger partial charge in [0.1, 0.15) is 11.3 Å². The minimum atomic E-state index is -3.59. The van der Waals surface area contributed by atoms with Crippen LogP contribution in [0.15, 0.2) is 39.6 Å². The number of carboxylic acid groups (broad SMARTS) is 1. The molecule has 34 heavy (non-hydrogen) atoms. The zero-order valence-corrected chi connectivity index (χ0v) is 20.1. The number of hydrogen-bond acceptors (Lipinski definition) is 5. The van der Waals surface area contributed by atoms with Crippen LogP contribution in [0.5, 0.6) is 0 Å². The Labute approximate surface area is 196 Å². The Bertz CT molecular complexity index is 1380. The van der Waals surface area contributed by atoms with Crippen LogP contribution in [0.1, 0.15) is 45.1 Å². The number of sulfone groups is 1. The van der Waals surface area contributed by atoms with E-state index in [0.717, 1.165) is 12.3 Å². The fourth-order valence-corrected chi connectivity index (χ4v) is 5.21. The van der Waals surface area contributed by atoms with Gasteiger partial charge in [0.25, 0.3) is 0 Å². The summed E-state index contributed by atoms with van der Waals surface area (Å²) in [5.74, 6) is -1.72. The van der Waals surface area contributed by atoms with Gasteiger partial charge >= 0.3 is 6.09 Å². The quantitative estimate of drug-likeness (QED) is 0.522. The number of piperidine rings is 1. The summed E-state index contributed by atoms with van der Waals surface area (Å²) in [5, 5.41) is 9.59. The lowest BCUT2D eigenvalue weighted by Crippen LogP contribution is -2.51. The Morgan fingerprint density at radius 1 is 1.18 bits per heavy atom. The number of fused-ring (bicyclic) bond motifs is 1. The third kappa shape index (κ3) is 4.51. The maximum Gasteiger partial charge on any atom is 0.407 e. The molecule has 1 fully saturated rings. The SMILES string of the molecule is CC(C)(C)C1CC(c2cc(F)c3oc(-c4ccc(S(C)(=O)=O)cc4F)nc3c2)CCN1C(=O)O. The van der Waals surface area contributed by atoms with Crippen molar-refractivity contribution in [2.24, 2.45) is 5.41 Å². The molecule has 0 aliphatic carbocycles. The first kappa shape index (κ1) is 24.1. The van der Waals surface area contributed by atoms with E-state index in [9.17, 15) is 27.1 Å². The lowest BCUT2D eigenvalue weighted by molar-refractivity contribution is 0.0525. The first-order valence-corrected chi connectivity index (χ1v) is 12.7. The van der Waals surface area contributed by atoms with Gasteiger partial charge < -0.3 is 14.4 Å². The van der Waals surface area contributed by atoms with Crippen LogP contribution in [-0.2, 0) is 9.84 Å². The van der Waals surface area contributed by atoms with Crippen LogP contribution in [0.4, 0.5) is 13.6 Å². The van der Waals surface area contributed by atoms with Crippen molar-refractivity contribution >= 4 is 27.0 Å². The highest BCUT2D eigenvalue weighted by molar-refractivity contribution is 7.90. The summed E-state index contributed by atoms with van der Waals surface area (Å²) < 4.78 is 58.4. The second-order valence-electron chi connectivity index (χ2n) is 9.86. The van der Waals surface area contributed by atoms with Gasteiger partial charge in [-0.3, -0.25) is 0 Å². The first-order chi connectivity index (χ1) is 15.8. The van der Waals surface area contributed by atoms with Gasteiger partial charge in [-0.05, 0) is 60.1 Å². The molecule has 4 rings (SSSR count). The maximum atomic E-state index is 15.0. The summed E-state index contributed by atoms with van der Waals surface area (Å²) in [6.07, 6.45) is 1.08. The molecule has 1 amide bonds. The molecule has 0 spiro atoms. The summed E-state index contributed by atoms with van der Waals surface area (Å²) in [6, 6.07) is 6.18. The molecule has 1 aromatic heterocycles. The summed E-state index contributed by atoms with van der Waals surface area (Å²) >= 11 is 0. The number of halogens is 2. The molecule has 2 heterocycles. The van der Waals surface area contributed by atoms with E-state index >= 15 is 0 Å². The Hall–Kier alpha value is -3.01. The van der Waals surface area contributed by atoms with Crippen molar-refractivity contribution in [1.29, 1.82) is 0 Å². The standard InChI is InChI=1S/C24H26F2N2O5S/c1-24(2,3)20-11-13(7-8-28(20)23(29)30)14-9-18(26)21-19(10-14)27-22(33-21)16-6-5-15(12-17(16)25)34(4,31)32/h5-6,9-10,12-13,20H,7-8,11H2,1-4H3,(H,29,30). The lowest BCUT2D eigenvalue weighted by Gasteiger charge is -2.44. The number of oxazole rings is 1. The predicted molar refractivity (Wildman–Crippen MR) is 122 cm³/mol. The van der Waals surface area contributed by atoms with Crippen LogP contribution < -0.4 is 0 Å². The Morgan fingerprint density at radius 2 is 1.88 bits per heavy atom. The fraction of sp³-hybridized carbons (Fsp3) is 0.417. The Morgan fingerprint density at radius 3 is 2.47 bits per heavy atom. The van der Waals surface area contributed by atoms with Crippen LogP contribution >= 0.6 is 0 Å². The molecule has 1 aliphatic heterocycles. The van der Waals surface area contributed by atoms with Gasteiger partial charge in [-0.15, -0.1) is 0 Å². The van der Waals surface area contributed by atoms with E-state index in [2.05, 4.69) is 4.98 Å². The molecule has 182 valence electrons. The highest BCUT2D eigenvalue weighted by atomic mass is 32.2. The monoisotopic (exact) mass is 492 g/mol. The van der Waals surface area contributed by atoms with Crippen molar-refractivity contribution in [3.8, 4) is 11.5 Å². The Kier molecular flexibility index (Phi) is 5.91. The summed E-state index contributed by atoms with van der Waals surface area (Å²) in [4.78, 5) is 17.2. The molecule has 2 unspecified atom stereocenters. The van der Waals surface area contributed by atoms with E-state index in [1.807, 2.05) is 20.8 Å². The zero-order valence-electron chi connectivity index (χ0n) is 19.3. The van der Waals surface area contributed by atoms with Gasteiger partial charge in [-0.1, -0.05) is 20.8 Å². The molecule has 10 heteroatoms. The van der Waals surface area contributed by atoms with Crippen LogP contribution in [0, 0.1) is 17.0 Å². The van der Waals surface area contributed by atoms with Gasteiger partial charge in [0, 0.05) is 18.8 Å². The molecule has 2 atom stereocenters. The molecule has 7 nitrogen and oxygen atoms in total. The number of carbonyl (C=O) groups is 1. The molecule has 1 saturated heterocycles. The average Bonchev–Trinajstić information content (AvgIpc) is 3.16. The van der Waals surface area contributed by atoms with Gasteiger partial charge in [0.05, 0.1) is 10.5 Å². The van der Waals surface area contributed by atoms with Gasteiger partial charge in [0.2, 0.25) is 5.89 Å². The minimum absolute atomic E-state index is 0.0767. The highest BCUT2D eigenvalue weighted by Crippen LogP contribution is 2.40. The van der Waals surface area contributed by atoms with E-state index < -0.39 is 27.6 Å². The number of nitrogens with zero attached hydrogens (tertiary/aromatic N) is 2. The topological polar surface area (TPSA) is 101 Å². The lowest BCUT2D eigenvalue weighted by atomic mass is 9.75. The number of aromatic nitrogens is 1. The van der Waals surface area contributed by atoms with Crippen LogP contribution in [0.3, 0.4) is 0 Å². The van der Waals surface area contributed by atoms with Crippen molar-refractivity contribution in [3.05, 3.63) is 47.5 Å². The van der Waals surface area contributed by atoms with Crippen molar-refractivity contribution in [2.75, 3.05) is 12.8 Å². The molecule has 0 saturated carbocycles. The summed E-state index contributed by atoms with van der Waals surface area (Å²) in [7, 11) is -3.59. The minimum Gasteiger partial charge on any atom is -0.465 e. The van der Waals surface area contributed by atoms with Gasteiger partial charge in [-0.25, -0.2) is 27.0 Å². The molecule has 0 bridgehead atoms. The normalized spacial score (nSPS) is 19.5. The van der Waals surface area contributed by atoms with Crippen LogP contribution in [-0.4, -0.2) is 48.3 Å². The highest BCUT2D eigenvalue weighted by Gasteiger charge is 2.39. The molecular weight excluding hydrogens is 466 g/mol. The number of hydrogen-bond donors (Lipinski definition) is 1. The number of rotatable bonds is 3. The van der Waals surface area contributed by atoms with Crippen LogP contribution in [0.2, 0.25) is 0 Å². The van der Waals surface area contributed by atoms with Crippen LogP contribution in [0.25, 0.3) is 22.6 Å². The molecule has 3 aromatic rings. The first-order valence-electron chi connectivity index (χ1n) is 10.8. The third-order valence-corrected chi connectivity index (χ3v) is 7.50. The third-order valence-electron chi connectivity index (χ3n) is 6.39. The molecule has 1 N–H and O–H groups in total. The summed E-state index contributed by atoms with van der Waals surface area (Å²) in [6.45, 7) is 6.28. The van der Waals surface area contributed by atoms with Crippen molar-refractivity contribution in [2.45, 2.75) is 50.5 Å². The largest absolute Gasteiger partial charge is 0.465 e. The van der Waals surface area contributed by atoms with Crippen molar-refractivity contribution < 1.29 is 31.5 Å². The smallest absolute Gasteiger partial charge is 0.407 e. The van der Waals surface area contributed by atoms with Crippen molar-refractivity contribution in [3.63, 3.8) is 0 Å². The number of benzene rings is 2. The molecular formula is C24H26F2N2O5S. The number of likely N-dealkylation sites (tertiary alicyclic amines) is 1. The maximum absolute atomic E-state index is 15.0. The second-order valence-corrected chi connectivity index (χ2v) is 11.9. The molecule has 1 aliphatic rings. The van der Waals surface area contributed by atoms with E-state index in [1.54, 1.807) is 6.07 Å². The van der Waals surface area contributed by atoms with Crippen molar-refractivity contribution in [1.82, 2.24) is 9.88 Å². The molecule has 0 radical (unpaired) electrons. The van der Waals surface area contributed by atoms with E-state index in [0.29, 0.717) is 24.9 Å². The van der Waals surface area contributed by atoms with E-state index in [1.165, 1.54) is 23.1 Å². The zero-order chi connectivity index (χ0) is 25.0. The Balaban J connectivity index is 1.70. The average molecular weight is 493 g/mol.